The number of halogens is 3. The molecule has 0 aliphatic rings. The lowest BCUT2D eigenvalue weighted by Crippen LogP contribution is -2.22. The smallest absolute Gasteiger partial charge is 0.348 e. The Morgan fingerprint density at radius 1 is 1.50 bits per heavy atom. The third-order valence-electron chi connectivity index (χ3n) is 2.95. The molecule has 1 N–H and O–H groups in total. The SMILES string of the molecule is COc1c(F)cc(C(C)(O)CCCC(=O)OF)cc1Br. The van der Waals surface area contributed by atoms with Gasteiger partial charge in [0.05, 0.1) is 17.2 Å². The molecule has 20 heavy (non-hydrogen) atoms. The van der Waals surface area contributed by atoms with Crippen LogP contribution in [0.2, 0.25) is 0 Å². The minimum atomic E-state index is -1.35. The normalized spacial score (nSPS) is 13.7. The van der Waals surface area contributed by atoms with Crippen LogP contribution < -0.4 is 4.74 Å². The average Bonchev–Trinajstić information content (AvgIpc) is 2.37. The van der Waals surface area contributed by atoms with Crippen molar-refractivity contribution in [2.45, 2.75) is 31.8 Å². The second-order valence-corrected chi connectivity index (χ2v) is 5.40. The van der Waals surface area contributed by atoms with E-state index in [0.29, 0.717) is 10.0 Å². The number of ether oxygens (including phenoxy) is 1. The van der Waals surface area contributed by atoms with Gasteiger partial charge in [-0.1, -0.05) is 0 Å². The highest BCUT2D eigenvalue weighted by Gasteiger charge is 2.26. The summed E-state index contributed by atoms with van der Waals surface area (Å²) in [6, 6.07) is 2.70. The Labute approximate surface area is 123 Å². The van der Waals surface area contributed by atoms with E-state index < -0.39 is 17.4 Å². The van der Waals surface area contributed by atoms with Gasteiger partial charge in [0.25, 0.3) is 0 Å². The van der Waals surface area contributed by atoms with Gasteiger partial charge in [-0.25, -0.2) is 9.18 Å². The van der Waals surface area contributed by atoms with Crippen LogP contribution in [-0.2, 0) is 15.3 Å². The van der Waals surface area contributed by atoms with Crippen LogP contribution in [0.1, 0.15) is 31.7 Å². The Morgan fingerprint density at radius 3 is 2.65 bits per heavy atom. The molecule has 0 heterocycles. The number of hydrogen-bond acceptors (Lipinski definition) is 4. The highest BCUT2D eigenvalue weighted by molar-refractivity contribution is 9.10. The Kier molecular flexibility index (Phi) is 5.88. The summed E-state index contributed by atoms with van der Waals surface area (Å²) in [7, 11) is 1.34. The van der Waals surface area contributed by atoms with E-state index in [1.54, 1.807) is 0 Å². The second kappa shape index (κ2) is 6.99. The maximum atomic E-state index is 13.8. The first-order chi connectivity index (χ1) is 9.31. The molecule has 1 aromatic carbocycles. The number of rotatable bonds is 6. The van der Waals surface area contributed by atoms with Gasteiger partial charge >= 0.3 is 5.97 Å². The fourth-order valence-corrected chi connectivity index (χ4v) is 2.42. The van der Waals surface area contributed by atoms with Crippen molar-refractivity contribution in [2.75, 3.05) is 7.11 Å². The molecule has 0 saturated carbocycles. The summed E-state index contributed by atoms with van der Waals surface area (Å²) in [4.78, 5) is 13.7. The average molecular weight is 353 g/mol. The molecule has 1 rings (SSSR count). The highest BCUT2D eigenvalue weighted by Crippen LogP contribution is 2.35. The Hall–Kier alpha value is -1.21. The van der Waals surface area contributed by atoms with E-state index in [4.69, 9.17) is 4.74 Å². The van der Waals surface area contributed by atoms with Crippen molar-refractivity contribution in [3.63, 3.8) is 0 Å². The molecule has 0 spiro atoms. The van der Waals surface area contributed by atoms with Crippen LogP contribution in [0.15, 0.2) is 16.6 Å². The molecule has 0 amide bonds. The van der Waals surface area contributed by atoms with Gasteiger partial charge in [0.2, 0.25) is 0 Å². The van der Waals surface area contributed by atoms with Crippen molar-refractivity contribution < 1.29 is 28.5 Å². The molecule has 0 aliphatic carbocycles. The molecule has 7 heteroatoms. The van der Waals surface area contributed by atoms with Gasteiger partial charge < -0.3 is 9.84 Å². The summed E-state index contributed by atoms with van der Waals surface area (Å²) < 4.78 is 30.5. The summed E-state index contributed by atoms with van der Waals surface area (Å²) in [5.41, 5.74) is -1.03. The van der Waals surface area contributed by atoms with Crippen LogP contribution in [0.4, 0.5) is 8.92 Å². The summed E-state index contributed by atoms with van der Waals surface area (Å²) in [6.45, 7) is 1.49. The third-order valence-corrected chi connectivity index (χ3v) is 3.54. The first-order valence-corrected chi connectivity index (χ1v) is 6.68. The van der Waals surface area contributed by atoms with Crippen molar-refractivity contribution in [2.24, 2.45) is 0 Å². The van der Waals surface area contributed by atoms with E-state index in [9.17, 15) is 18.8 Å². The van der Waals surface area contributed by atoms with Crippen LogP contribution in [0.3, 0.4) is 0 Å². The molecule has 1 atom stereocenters. The van der Waals surface area contributed by atoms with Gasteiger partial charge in [-0.2, -0.15) is 0 Å². The Balaban J connectivity index is 2.84. The number of benzene rings is 1. The minimum absolute atomic E-state index is 0.0468. The summed E-state index contributed by atoms with van der Waals surface area (Å²) >= 11 is 3.15. The van der Waals surface area contributed by atoms with Crippen LogP contribution in [-0.4, -0.2) is 18.2 Å². The van der Waals surface area contributed by atoms with Crippen LogP contribution in [0.5, 0.6) is 5.75 Å². The van der Waals surface area contributed by atoms with E-state index in [-0.39, 0.29) is 25.0 Å². The first-order valence-electron chi connectivity index (χ1n) is 5.89. The molecule has 0 fully saturated rings. The number of aliphatic hydroxyl groups is 1. The highest BCUT2D eigenvalue weighted by atomic mass is 79.9. The molecule has 1 aromatic rings. The Bertz CT molecular complexity index is 468. The zero-order valence-corrected chi connectivity index (χ0v) is 12.7. The molecule has 112 valence electrons. The predicted octanol–water partition coefficient (Wildman–Crippen LogP) is 3.40. The zero-order valence-electron chi connectivity index (χ0n) is 11.1. The van der Waals surface area contributed by atoms with E-state index >= 15 is 0 Å². The molecule has 4 nitrogen and oxygen atoms in total. The quantitative estimate of drug-likeness (QED) is 0.852. The number of carbonyl (C=O) groups is 1. The lowest BCUT2D eigenvalue weighted by atomic mass is 9.90. The first kappa shape index (κ1) is 16.8. The summed E-state index contributed by atoms with van der Waals surface area (Å²) in [5, 5.41) is 10.3. The van der Waals surface area contributed by atoms with E-state index in [0.717, 1.165) is 6.07 Å². The number of hydrogen-bond donors (Lipinski definition) is 1. The lowest BCUT2D eigenvalue weighted by molar-refractivity contribution is -0.183. The molecular formula is C13H15BrF2O4. The standard InChI is InChI=1S/C13H15BrF2O4/c1-13(18,5-3-4-11(17)20-16)8-6-9(14)12(19-2)10(15)7-8/h6-7,18H,3-5H2,1-2H3. The van der Waals surface area contributed by atoms with Crippen LogP contribution >= 0.6 is 15.9 Å². The van der Waals surface area contributed by atoms with Gasteiger partial charge in [0, 0.05) is 10.9 Å². The Morgan fingerprint density at radius 2 is 2.15 bits per heavy atom. The van der Waals surface area contributed by atoms with Crippen molar-refractivity contribution in [3.8, 4) is 5.75 Å². The fourth-order valence-electron chi connectivity index (χ4n) is 1.83. The molecule has 0 aromatic heterocycles. The molecule has 0 saturated heterocycles. The summed E-state index contributed by atoms with van der Waals surface area (Å²) in [5.74, 6) is -1.56. The van der Waals surface area contributed by atoms with Crippen molar-refractivity contribution in [1.82, 2.24) is 0 Å². The number of methoxy groups -OCH3 is 1. The fraction of sp³-hybridized carbons (Fsp3) is 0.462. The van der Waals surface area contributed by atoms with Crippen molar-refractivity contribution >= 4 is 21.9 Å². The van der Waals surface area contributed by atoms with Crippen molar-refractivity contribution in [3.05, 3.63) is 28.0 Å². The van der Waals surface area contributed by atoms with Crippen LogP contribution in [0.25, 0.3) is 0 Å². The topological polar surface area (TPSA) is 55.8 Å². The van der Waals surface area contributed by atoms with E-state index in [1.807, 2.05) is 0 Å². The monoisotopic (exact) mass is 352 g/mol. The van der Waals surface area contributed by atoms with Crippen molar-refractivity contribution in [1.29, 1.82) is 0 Å². The maximum Gasteiger partial charge on any atom is 0.348 e. The largest absolute Gasteiger partial charge is 0.492 e. The number of carbonyl (C=O) groups excluding carboxylic acids is 1. The van der Waals surface area contributed by atoms with Gasteiger partial charge in [-0.3, -0.25) is 4.94 Å². The summed E-state index contributed by atoms with van der Waals surface area (Å²) in [6.07, 6.45) is 0.202. The van der Waals surface area contributed by atoms with Gasteiger partial charge in [0.1, 0.15) is 0 Å². The lowest BCUT2D eigenvalue weighted by Gasteiger charge is -2.24. The maximum absolute atomic E-state index is 13.8. The van der Waals surface area contributed by atoms with E-state index in [1.165, 1.54) is 20.1 Å². The van der Waals surface area contributed by atoms with Gasteiger partial charge in [0.15, 0.2) is 11.6 Å². The zero-order chi connectivity index (χ0) is 15.3. The molecule has 0 aliphatic heterocycles. The third kappa shape index (κ3) is 4.14. The van der Waals surface area contributed by atoms with E-state index in [2.05, 4.69) is 20.9 Å². The van der Waals surface area contributed by atoms with Gasteiger partial charge in [-0.05, 0) is 53.4 Å². The van der Waals surface area contributed by atoms with Crippen LogP contribution in [0, 0.1) is 5.82 Å². The molecule has 1 unspecified atom stereocenters. The molecule has 0 radical (unpaired) electrons. The molecule has 0 bridgehead atoms. The second-order valence-electron chi connectivity index (χ2n) is 4.55. The predicted molar refractivity (Wildman–Crippen MR) is 71.3 cm³/mol. The molecular weight excluding hydrogens is 338 g/mol. The minimum Gasteiger partial charge on any atom is -0.492 e. The van der Waals surface area contributed by atoms with Gasteiger partial charge in [-0.15, -0.1) is 0 Å².